The average molecular weight is 316 g/mol. The molecule has 1 aromatic carbocycles. The van der Waals surface area contributed by atoms with Crippen molar-refractivity contribution in [3.8, 4) is 0 Å². The lowest BCUT2D eigenvalue weighted by molar-refractivity contribution is -0.132. The van der Waals surface area contributed by atoms with Crippen molar-refractivity contribution in [2.75, 3.05) is 63.8 Å². The minimum absolute atomic E-state index is 0.315. The van der Waals surface area contributed by atoms with Crippen LogP contribution in [-0.2, 0) is 4.79 Å². The number of amides is 1. The first-order valence-electron chi connectivity index (χ1n) is 8.84. The Bertz CT molecular complexity index is 487. The predicted molar refractivity (Wildman–Crippen MR) is 93.8 cm³/mol. The minimum atomic E-state index is 0.315. The zero-order chi connectivity index (χ0) is 15.9. The molecule has 5 heteroatoms. The first kappa shape index (κ1) is 16.3. The molecule has 1 amide bonds. The van der Waals surface area contributed by atoms with Gasteiger partial charge in [-0.05, 0) is 25.1 Å². The zero-order valence-electron chi connectivity index (χ0n) is 13.9. The summed E-state index contributed by atoms with van der Waals surface area (Å²) in [4.78, 5) is 19.2. The molecular formula is C18H28N4O. The molecule has 0 aliphatic carbocycles. The lowest BCUT2D eigenvalue weighted by atomic mass is 10.2. The second-order valence-electron chi connectivity index (χ2n) is 6.40. The fraction of sp³-hybridized carbons (Fsp3) is 0.611. The van der Waals surface area contributed by atoms with Gasteiger partial charge in [-0.3, -0.25) is 4.79 Å². The van der Waals surface area contributed by atoms with E-state index in [1.807, 2.05) is 4.90 Å². The normalized spacial score (nSPS) is 20.3. The summed E-state index contributed by atoms with van der Waals surface area (Å²) in [6.45, 7) is 8.77. The second-order valence-corrected chi connectivity index (χ2v) is 6.40. The Kier molecular flexibility index (Phi) is 5.88. The Morgan fingerprint density at radius 1 is 0.957 bits per heavy atom. The molecular weight excluding hydrogens is 288 g/mol. The third-order valence-corrected chi connectivity index (χ3v) is 4.82. The van der Waals surface area contributed by atoms with Gasteiger partial charge in [0.15, 0.2) is 0 Å². The second kappa shape index (κ2) is 8.31. The summed E-state index contributed by atoms with van der Waals surface area (Å²) in [5, 5.41) is 3.29. The maximum atomic E-state index is 12.3. The third-order valence-electron chi connectivity index (χ3n) is 4.82. The van der Waals surface area contributed by atoms with Gasteiger partial charge in [-0.15, -0.1) is 0 Å². The van der Waals surface area contributed by atoms with E-state index in [-0.39, 0.29) is 0 Å². The molecule has 2 fully saturated rings. The van der Waals surface area contributed by atoms with E-state index in [4.69, 9.17) is 0 Å². The number of piperazine rings is 1. The van der Waals surface area contributed by atoms with E-state index in [1.54, 1.807) is 0 Å². The summed E-state index contributed by atoms with van der Waals surface area (Å²) >= 11 is 0. The Hall–Kier alpha value is -1.59. The van der Waals surface area contributed by atoms with Gasteiger partial charge in [0.2, 0.25) is 5.91 Å². The Morgan fingerprint density at radius 2 is 1.74 bits per heavy atom. The van der Waals surface area contributed by atoms with E-state index in [0.717, 1.165) is 65.3 Å². The molecule has 0 unspecified atom stereocenters. The molecule has 2 heterocycles. The highest BCUT2D eigenvalue weighted by Gasteiger charge is 2.19. The van der Waals surface area contributed by atoms with Gasteiger partial charge in [0.25, 0.3) is 0 Å². The van der Waals surface area contributed by atoms with Gasteiger partial charge in [0, 0.05) is 64.5 Å². The fourth-order valence-electron chi connectivity index (χ4n) is 3.42. The van der Waals surface area contributed by atoms with Crippen molar-refractivity contribution in [2.24, 2.45) is 0 Å². The summed E-state index contributed by atoms with van der Waals surface area (Å²) in [5.41, 5.74) is 1.31. The molecule has 1 aromatic rings. The van der Waals surface area contributed by atoms with E-state index >= 15 is 0 Å². The minimum Gasteiger partial charge on any atom is -0.370 e. The van der Waals surface area contributed by atoms with Crippen LogP contribution in [0, 0.1) is 0 Å². The van der Waals surface area contributed by atoms with Gasteiger partial charge in [0.1, 0.15) is 0 Å². The summed E-state index contributed by atoms with van der Waals surface area (Å²) in [6.07, 6.45) is 1.82. The number of carbonyl (C=O) groups is 1. The predicted octanol–water partition coefficient (Wildman–Crippen LogP) is 1.02. The highest BCUT2D eigenvalue weighted by molar-refractivity contribution is 5.76. The summed E-state index contributed by atoms with van der Waals surface area (Å²) < 4.78 is 0. The largest absolute Gasteiger partial charge is 0.370 e. The first-order chi connectivity index (χ1) is 11.3. The Balaban J connectivity index is 1.44. The molecule has 2 aliphatic rings. The molecule has 126 valence electrons. The van der Waals surface area contributed by atoms with Gasteiger partial charge in [-0.2, -0.15) is 0 Å². The maximum absolute atomic E-state index is 12.3. The van der Waals surface area contributed by atoms with Crippen LogP contribution in [0.3, 0.4) is 0 Å². The van der Waals surface area contributed by atoms with Gasteiger partial charge in [-0.1, -0.05) is 18.2 Å². The summed E-state index contributed by atoms with van der Waals surface area (Å²) in [6, 6.07) is 10.6. The first-order valence-corrected chi connectivity index (χ1v) is 8.84. The quantitative estimate of drug-likeness (QED) is 0.900. The fourth-order valence-corrected chi connectivity index (χ4v) is 3.42. The van der Waals surface area contributed by atoms with Crippen LogP contribution in [0.5, 0.6) is 0 Å². The lowest BCUT2D eigenvalue weighted by Gasteiger charge is -2.28. The van der Waals surface area contributed by atoms with E-state index < -0.39 is 0 Å². The average Bonchev–Trinajstić information content (AvgIpc) is 2.87. The number of rotatable bonds is 4. The number of benzene rings is 1. The van der Waals surface area contributed by atoms with Crippen molar-refractivity contribution < 1.29 is 4.79 Å². The monoisotopic (exact) mass is 316 g/mol. The topological polar surface area (TPSA) is 38.8 Å². The number of nitrogens with zero attached hydrogens (tertiary/aromatic N) is 3. The van der Waals surface area contributed by atoms with E-state index in [0.29, 0.717) is 12.3 Å². The highest BCUT2D eigenvalue weighted by atomic mass is 16.2. The molecule has 0 spiro atoms. The molecule has 0 aromatic heterocycles. The van der Waals surface area contributed by atoms with Crippen LogP contribution in [0.25, 0.3) is 0 Å². The van der Waals surface area contributed by atoms with Crippen LogP contribution in [0.2, 0.25) is 0 Å². The van der Waals surface area contributed by atoms with Crippen molar-refractivity contribution in [2.45, 2.75) is 12.8 Å². The van der Waals surface area contributed by atoms with Crippen molar-refractivity contribution >= 4 is 11.6 Å². The van der Waals surface area contributed by atoms with Gasteiger partial charge in [0.05, 0.1) is 0 Å². The standard InChI is InChI=1S/C18H28N4O/c23-18(22-13-8-19-9-14-22)7-12-20-10-4-11-21(16-15-20)17-5-2-1-3-6-17/h1-3,5-6,19H,4,7-16H2. The van der Waals surface area contributed by atoms with Crippen LogP contribution in [0.4, 0.5) is 5.69 Å². The van der Waals surface area contributed by atoms with E-state index in [9.17, 15) is 4.79 Å². The van der Waals surface area contributed by atoms with Crippen LogP contribution in [-0.4, -0.2) is 74.6 Å². The van der Waals surface area contributed by atoms with Crippen molar-refractivity contribution in [1.82, 2.24) is 15.1 Å². The van der Waals surface area contributed by atoms with E-state index in [1.165, 1.54) is 5.69 Å². The molecule has 0 saturated carbocycles. The lowest BCUT2D eigenvalue weighted by Crippen LogP contribution is -2.47. The molecule has 0 bridgehead atoms. The Morgan fingerprint density at radius 3 is 2.52 bits per heavy atom. The molecule has 0 atom stereocenters. The summed E-state index contributed by atoms with van der Waals surface area (Å²) in [5.74, 6) is 0.315. The van der Waals surface area contributed by atoms with Crippen LogP contribution >= 0.6 is 0 Å². The molecule has 23 heavy (non-hydrogen) atoms. The van der Waals surface area contributed by atoms with E-state index in [2.05, 4.69) is 45.4 Å². The number of hydrogen-bond donors (Lipinski definition) is 1. The molecule has 2 aliphatic heterocycles. The van der Waals surface area contributed by atoms with Gasteiger partial charge in [-0.25, -0.2) is 0 Å². The molecule has 3 rings (SSSR count). The Labute approximate surface area is 139 Å². The van der Waals surface area contributed by atoms with Crippen molar-refractivity contribution in [3.63, 3.8) is 0 Å². The number of carbonyl (C=O) groups excluding carboxylic acids is 1. The van der Waals surface area contributed by atoms with Crippen LogP contribution in [0.1, 0.15) is 12.8 Å². The number of hydrogen-bond acceptors (Lipinski definition) is 4. The SMILES string of the molecule is O=C(CCN1CCCN(c2ccccc2)CC1)N1CCNCC1. The zero-order valence-corrected chi connectivity index (χ0v) is 13.9. The van der Waals surface area contributed by atoms with Crippen LogP contribution < -0.4 is 10.2 Å². The van der Waals surface area contributed by atoms with Gasteiger partial charge >= 0.3 is 0 Å². The van der Waals surface area contributed by atoms with Crippen molar-refractivity contribution in [3.05, 3.63) is 30.3 Å². The molecule has 0 radical (unpaired) electrons. The number of para-hydroxylation sites is 1. The smallest absolute Gasteiger partial charge is 0.223 e. The number of anilines is 1. The van der Waals surface area contributed by atoms with Crippen LogP contribution in [0.15, 0.2) is 30.3 Å². The summed E-state index contributed by atoms with van der Waals surface area (Å²) in [7, 11) is 0. The molecule has 1 N–H and O–H groups in total. The van der Waals surface area contributed by atoms with Crippen molar-refractivity contribution in [1.29, 1.82) is 0 Å². The highest BCUT2D eigenvalue weighted by Crippen LogP contribution is 2.15. The molecule has 2 saturated heterocycles. The molecule has 5 nitrogen and oxygen atoms in total. The maximum Gasteiger partial charge on any atom is 0.223 e. The van der Waals surface area contributed by atoms with Gasteiger partial charge < -0.3 is 20.0 Å². The number of nitrogens with one attached hydrogen (secondary N) is 1. The third kappa shape index (κ3) is 4.69.